The van der Waals surface area contributed by atoms with Crippen molar-refractivity contribution in [2.75, 3.05) is 9.80 Å². The summed E-state index contributed by atoms with van der Waals surface area (Å²) in [5.41, 5.74) is 7.44. The molecule has 2 nitrogen and oxygen atoms in total. The minimum Gasteiger partial charge on any atom is -0.307 e. The fourth-order valence-corrected chi connectivity index (χ4v) is 11.7. The van der Waals surface area contributed by atoms with Crippen molar-refractivity contribution in [1.29, 1.82) is 0 Å². The molecule has 0 saturated carbocycles. The van der Waals surface area contributed by atoms with Crippen molar-refractivity contribution in [1.82, 2.24) is 0 Å². The lowest BCUT2D eigenvalue weighted by Gasteiger charge is -2.30. The number of hydrogen-bond acceptors (Lipinski definition) is 2. The molecule has 0 unspecified atom stereocenters. The second kappa shape index (κ2) is 21.1. The van der Waals surface area contributed by atoms with E-state index >= 15 is 8.78 Å². The van der Waals surface area contributed by atoms with Gasteiger partial charge in [0.25, 0.3) is 0 Å². The topological polar surface area (TPSA) is 6.48 Å². The van der Waals surface area contributed by atoms with Gasteiger partial charge in [0.15, 0.2) is 11.6 Å². The molecule has 0 radical (unpaired) electrons. The van der Waals surface area contributed by atoms with Crippen LogP contribution >= 0.6 is 0 Å². The van der Waals surface area contributed by atoms with Crippen LogP contribution in [0.2, 0.25) is 0 Å². The SMILES string of the molecule is [2H]c1c([2H])c([2H])c(N(c2ccc(-c3ccc(C(C)(C)C)cc3)c(-c3ccc(C(C)(C)C)cc3)c2F)c2ccc3ccc4c(N(c5ccc(-c6ccc(C(C)(C)C)cc6)c(-c6ccc(C(C)(C)C)cc6)c5F)c5c([2H])c([2H])c([2H])c([2H])c5[2H])ccc5ccc2c3c54)c([2H])c1[2H]. The first-order chi connectivity index (χ1) is 44.2. The minimum absolute atomic E-state index is 0.0977. The quantitative estimate of drug-likeness (QED) is 0.126. The van der Waals surface area contributed by atoms with Crippen LogP contribution in [0.15, 0.2) is 230 Å². The summed E-state index contributed by atoms with van der Waals surface area (Å²) < 4.78 is 130. The lowest BCUT2D eigenvalue weighted by molar-refractivity contribution is 0.590. The molecule has 0 bridgehead atoms. The number of nitrogens with zero attached hydrogens (tertiary/aromatic N) is 2. The Morgan fingerprint density at radius 1 is 0.298 bits per heavy atom. The normalized spacial score (nSPS) is 14.1. The number of rotatable bonds is 10. The van der Waals surface area contributed by atoms with Crippen LogP contribution in [0.5, 0.6) is 0 Å². The van der Waals surface area contributed by atoms with Crippen molar-refractivity contribution < 1.29 is 22.5 Å². The van der Waals surface area contributed by atoms with Gasteiger partial charge >= 0.3 is 0 Å². The van der Waals surface area contributed by atoms with Crippen molar-refractivity contribution in [3.8, 4) is 44.5 Å². The predicted molar refractivity (Wildman–Crippen MR) is 356 cm³/mol. The molecular formula is C80H74F2N2. The van der Waals surface area contributed by atoms with Crippen LogP contribution in [0.25, 0.3) is 76.8 Å². The van der Waals surface area contributed by atoms with Crippen molar-refractivity contribution in [3.05, 3.63) is 264 Å². The summed E-state index contributed by atoms with van der Waals surface area (Å²) in [6, 6.07) is 47.0. The molecule has 4 heteroatoms. The average molecular weight is 1110 g/mol. The Morgan fingerprint density at radius 3 is 0.869 bits per heavy atom. The van der Waals surface area contributed by atoms with Crippen LogP contribution in [-0.2, 0) is 21.7 Å². The molecule has 0 aliphatic carbocycles. The number of hydrogen-bond donors (Lipinski definition) is 0. The van der Waals surface area contributed by atoms with E-state index in [1.807, 2.05) is 146 Å². The van der Waals surface area contributed by atoms with E-state index in [9.17, 15) is 5.48 Å². The highest BCUT2D eigenvalue weighted by Crippen LogP contribution is 2.51. The number of halogens is 2. The molecule has 0 aromatic heterocycles. The number of para-hydroxylation sites is 2. The van der Waals surface area contributed by atoms with E-state index in [1.165, 1.54) is 9.80 Å². The highest BCUT2D eigenvalue weighted by molar-refractivity contribution is 6.28. The van der Waals surface area contributed by atoms with E-state index in [-0.39, 0.29) is 66.9 Å². The molecule has 0 aliphatic heterocycles. The van der Waals surface area contributed by atoms with E-state index in [2.05, 4.69) is 83.1 Å². The fourth-order valence-electron chi connectivity index (χ4n) is 11.7. The summed E-state index contributed by atoms with van der Waals surface area (Å²) in [7, 11) is 0. The zero-order valence-corrected chi connectivity index (χ0v) is 49.8. The Kier molecular flexibility index (Phi) is 11.2. The summed E-state index contributed by atoms with van der Waals surface area (Å²) in [4.78, 5) is 2.84. The standard InChI is InChI=1S/C80H74F2N2/c1-77(2,3)57-35-23-51(24-36-57)63-45-49-69(75(81)73(63)55-27-39-59(40-28-55)79(7,8)9)83(61-19-15-13-16-20-61)67-47-33-53-32-44-66-68(48-34-54-31-43-65(67)71(53)72(54)66)84(62-21-17-14-18-22-62)70-50-46-64(52-25-37-58(38-26-52)78(4,5)6)74(76(70)82)56-29-41-60(42-30-56)80(10,11)12/h13-50H,1-12H3/i13D,14D,15D,16D,17D,18D,19D,20D,21D,22D. The fraction of sp³-hybridized carbons (Fsp3) is 0.200. The molecule has 12 aromatic rings. The molecule has 12 aromatic carbocycles. The summed E-state index contributed by atoms with van der Waals surface area (Å²) in [6.07, 6.45) is 0. The van der Waals surface area contributed by atoms with Gasteiger partial charge in [-0.15, -0.1) is 0 Å². The van der Waals surface area contributed by atoms with Crippen LogP contribution in [0.1, 0.15) is 119 Å². The van der Waals surface area contributed by atoms with Gasteiger partial charge in [0.1, 0.15) is 0 Å². The van der Waals surface area contributed by atoms with Gasteiger partial charge in [-0.1, -0.05) is 265 Å². The van der Waals surface area contributed by atoms with Gasteiger partial charge in [0.2, 0.25) is 0 Å². The average Bonchev–Trinajstić information content (AvgIpc) is 0.717. The Bertz CT molecular complexity index is 4630. The molecule has 0 aliphatic rings. The highest BCUT2D eigenvalue weighted by atomic mass is 19.1. The van der Waals surface area contributed by atoms with Gasteiger partial charge in [-0.05, 0) is 147 Å². The first-order valence-corrected chi connectivity index (χ1v) is 28.7. The second-order valence-electron chi connectivity index (χ2n) is 26.2. The molecular weight excluding hydrogens is 1030 g/mol. The van der Waals surface area contributed by atoms with Crippen molar-refractivity contribution in [2.24, 2.45) is 0 Å². The zero-order chi connectivity index (χ0) is 67.7. The molecule has 84 heavy (non-hydrogen) atoms. The second-order valence-corrected chi connectivity index (χ2v) is 26.2. The Morgan fingerprint density at radius 2 is 0.571 bits per heavy atom. The van der Waals surface area contributed by atoms with Crippen LogP contribution in [0.4, 0.5) is 42.9 Å². The van der Waals surface area contributed by atoms with E-state index in [4.69, 9.17) is 8.22 Å². The molecule has 0 atom stereocenters. The van der Waals surface area contributed by atoms with Gasteiger partial charge in [0, 0.05) is 33.3 Å². The van der Waals surface area contributed by atoms with Gasteiger partial charge in [-0.3, -0.25) is 0 Å². The summed E-state index contributed by atoms with van der Waals surface area (Å²) in [5, 5.41) is 3.59. The van der Waals surface area contributed by atoms with Crippen LogP contribution in [-0.4, -0.2) is 0 Å². The van der Waals surface area contributed by atoms with E-state index < -0.39 is 72.1 Å². The predicted octanol–water partition coefficient (Wildman–Crippen LogP) is 23.7. The Balaban J connectivity index is 1.15. The Labute approximate surface area is 510 Å². The first-order valence-electron chi connectivity index (χ1n) is 33.7. The van der Waals surface area contributed by atoms with Crippen LogP contribution in [0, 0.1) is 11.6 Å². The zero-order valence-electron chi connectivity index (χ0n) is 59.8. The van der Waals surface area contributed by atoms with Crippen molar-refractivity contribution >= 4 is 66.4 Å². The molecule has 0 heterocycles. The molecule has 0 N–H and O–H groups in total. The van der Waals surface area contributed by atoms with Crippen molar-refractivity contribution in [3.63, 3.8) is 0 Å². The third-order valence-corrected chi connectivity index (χ3v) is 16.4. The molecule has 418 valence electrons. The largest absolute Gasteiger partial charge is 0.307 e. The van der Waals surface area contributed by atoms with Gasteiger partial charge in [-0.25, -0.2) is 8.78 Å². The Hall–Kier alpha value is -8.86. The van der Waals surface area contributed by atoms with Gasteiger partial charge < -0.3 is 9.80 Å². The maximum Gasteiger partial charge on any atom is 0.155 e. The van der Waals surface area contributed by atoms with Crippen LogP contribution < -0.4 is 9.80 Å². The number of anilines is 6. The maximum absolute atomic E-state index is 19.1. The van der Waals surface area contributed by atoms with E-state index in [1.54, 1.807) is 24.3 Å². The van der Waals surface area contributed by atoms with Crippen LogP contribution in [0.3, 0.4) is 0 Å². The molecule has 0 spiro atoms. The monoisotopic (exact) mass is 1110 g/mol. The first kappa shape index (κ1) is 44.7. The molecule has 12 rings (SSSR count). The summed E-state index contributed by atoms with van der Waals surface area (Å²) in [6.45, 7) is 25.4. The third-order valence-electron chi connectivity index (χ3n) is 16.4. The van der Waals surface area contributed by atoms with E-state index in [0.29, 0.717) is 54.6 Å². The van der Waals surface area contributed by atoms with Gasteiger partial charge in [0.05, 0.1) is 36.5 Å². The van der Waals surface area contributed by atoms with Crippen molar-refractivity contribution in [2.45, 2.75) is 105 Å². The molecule has 0 fully saturated rings. The molecule has 0 amide bonds. The minimum atomic E-state index is -0.713. The number of benzene rings is 12. The van der Waals surface area contributed by atoms with E-state index in [0.717, 1.165) is 33.4 Å². The lowest BCUT2D eigenvalue weighted by Crippen LogP contribution is -2.14. The smallest absolute Gasteiger partial charge is 0.155 e. The highest BCUT2D eigenvalue weighted by Gasteiger charge is 2.29. The summed E-state index contributed by atoms with van der Waals surface area (Å²) in [5.74, 6) is -1.43. The molecule has 0 saturated heterocycles. The summed E-state index contributed by atoms with van der Waals surface area (Å²) >= 11 is 0. The lowest BCUT2D eigenvalue weighted by atomic mass is 9.84. The maximum atomic E-state index is 19.1. The van der Waals surface area contributed by atoms with Gasteiger partial charge in [-0.2, -0.15) is 0 Å². The third kappa shape index (κ3) is 10.2.